The molecule has 0 fully saturated rings. The molecule has 0 saturated carbocycles. The Hall–Kier alpha value is -1.69. The number of anilines is 1. The minimum Gasteiger partial charge on any atom is -0.383 e. The normalized spacial score (nSPS) is 10.4. The predicted molar refractivity (Wildman–Crippen MR) is 53.2 cm³/mol. The summed E-state index contributed by atoms with van der Waals surface area (Å²) in [6, 6.07) is 1.67. The van der Waals surface area contributed by atoms with E-state index in [1.165, 1.54) is 10.9 Å². The van der Waals surface area contributed by atoms with Crippen molar-refractivity contribution in [2.24, 2.45) is 7.05 Å². The van der Waals surface area contributed by atoms with Gasteiger partial charge in [-0.15, -0.1) is 0 Å². The van der Waals surface area contributed by atoms with Crippen LogP contribution >= 0.6 is 11.5 Å². The first-order chi connectivity index (χ1) is 6.70. The number of carbonyl (C=O) groups excluding carboxylic acids is 1. The predicted octanol–water partition coefficient (Wildman–Crippen LogP) is 0.690. The van der Waals surface area contributed by atoms with Crippen molar-refractivity contribution in [2.75, 3.05) is 5.73 Å². The largest absolute Gasteiger partial charge is 0.383 e. The lowest BCUT2D eigenvalue weighted by molar-refractivity contribution is 0.104. The molecule has 2 aromatic heterocycles. The second-order valence-electron chi connectivity index (χ2n) is 2.77. The van der Waals surface area contributed by atoms with Crippen LogP contribution in [-0.2, 0) is 7.05 Å². The summed E-state index contributed by atoms with van der Waals surface area (Å²) in [5.41, 5.74) is 6.10. The summed E-state index contributed by atoms with van der Waals surface area (Å²) in [7, 11) is 1.69. The number of hydrogen-bond donors (Lipinski definition) is 1. The summed E-state index contributed by atoms with van der Waals surface area (Å²) in [5, 5.41) is 3.90. The van der Waals surface area contributed by atoms with Crippen molar-refractivity contribution in [1.82, 2.24) is 14.2 Å². The Balaban J connectivity index is 2.42. The van der Waals surface area contributed by atoms with E-state index in [4.69, 9.17) is 5.73 Å². The molecule has 0 spiro atoms. The van der Waals surface area contributed by atoms with Crippen LogP contribution in [0.5, 0.6) is 0 Å². The average molecular weight is 208 g/mol. The average Bonchev–Trinajstić information content (AvgIpc) is 2.77. The zero-order chi connectivity index (χ0) is 10.1. The quantitative estimate of drug-likeness (QED) is 0.737. The van der Waals surface area contributed by atoms with Gasteiger partial charge in [-0.25, -0.2) is 4.37 Å². The van der Waals surface area contributed by atoms with Crippen molar-refractivity contribution < 1.29 is 4.79 Å². The standard InChI is InChI=1S/C8H8N4OS/c1-12-8(9)5(4-10-12)7(13)6-2-3-11-14-6/h2-4H,9H2,1H3. The molecule has 0 saturated heterocycles. The minimum absolute atomic E-state index is 0.127. The molecule has 0 radical (unpaired) electrons. The van der Waals surface area contributed by atoms with E-state index >= 15 is 0 Å². The van der Waals surface area contributed by atoms with Gasteiger partial charge in [0.15, 0.2) is 0 Å². The van der Waals surface area contributed by atoms with E-state index in [1.807, 2.05) is 0 Å². The van der Waals surface area contributed by atoms with Crippen LogP contribution in [0.25, 0.3) is 0 Å². The molecule has 5 nitrogen and oxygen atoms in total. The Labute approximate surface area is 84.3 Å². The van der Waals surface area contributed by atoms with Crippen molar-refractivity contribution in [3.63, 3.8) is 0 Å². The fourth-order valence-electron chi connectivity index (χ4n) is 1.09. The highest BCUT2D eigenvalue weighted by atomic mass is 32.1. The zero-order valence-electron chi connectivity index (χ0n) is 7.47. The van der Waals surface area contributed by atoms with Crippen molar-refractivity contribution in [3.05, 3.63) is 28.9 Å². The summed E-state index contributed by atoms with van der Waals surface area (Å²) < 4.78 is 5.32. The van der Waals surface area contributed by atoms with Crippen LogP contribution in [0.15, 0.2) is 18.5 Å². The molecule has 0 aromatic carbocycles. The van der Waals surface area contributed by atoms with Gasteiger partial charge in [0.05, 0.1) is 16.6 Å². The number of nitrogens with two attached hydrogens (primary N) is 1. The van der Waals surface area contributed by atoms with E-state index in [2.05, 4.69) is 9.47 Å². The molecular formula is C8H8N4OS. The van der Waals surface area contributed by atoms with Gasteiger partial charge in [-0.05, 0) is 17.6 Å². The fraction of sp³-hybridized carbons (Fsp3) is 0.125. The number of nitrogens with zero attached hydrogens (tertiary/aromatic N) is 3. The second kappa shape index (κ2) is 3.22. The SMILES string of the molecule is Cn1ncc(C(=O)c2ccns2)c1N. The topological polar surface area (TPSA) is 73.8 Å². The van der Waals surface area contributed by atoms with E-state index in [0.29, 0.717) is 16.3 Å². The monoisotopic (exact) mass is 208 g/mol. The molecule has 0 unspecified atom stereocenters. The van der Waals surface area contributed by atoms with E-state index in [-0.39, 0.29) is 5.78 Å². The van der Waals surface area contributed by atoms with Crippen LogP contribution in [0.4, 0.5) is 5.82 Å². The Bertz CT molecular complexity index is 460. The first-order valence-electron chi connectivity index (χ1n) is 3.93. The highest BCUT2D eigenvalue weighted by Crippen LogP contribution is 2.17. The van der Waals surface area contributed by atoms with E-state index in [0.717, 1.165) is 11.5 Å². The van der Waals surface area contributed by atoms with Crippen LogP contribution < -0.4 is 5.73 Å². The maximum absolute atomic E-state index is 11.8. The summed E-state index contributed by atoms with van der Waals surface area (Å²) in [4.78, 5) is 12.4. The number of rotatable bonds is 2. The molecule has 6 heteroatoms. The molecule has 2 aromatic rings. The molecular weight excluding hydrogens is 200 g/mol. The number of carbonyl (C=O) groups is 1. The van der Waals surface area contributed by atoms with Gasteiger partial charge in [0, 0.05) is 13.2 Å². The van der Waals surface area contributed by atoms with Gasteiger partial charge in [-0.2, -0.15) is 5.10 Å². The second-order valence-corrected chi connectivity index (χ2v) is 3.61. The third kappa shape index (κ3) is 1.29. The van der Waals surface area contributed by atoms with Gasteiger partial charge in [-0.3, -0.25) is 9.48 Å². The number of ketones is 1. The number of hydrogen-bond acceptors (Lipinski definition) is 5. The lowest BCUT2D eigenvalue weighted by Crippen LogP contribution is -2.04. The molecule has 0 amide bonds. The van der Waals surface area contributed by atoms with Gasteiger partial charge >= 0.3 is 0 Å². The van der Waals surface area contributed by atoms with E-state index < -0.39 is 0 Å². The molecule has 0 aliphatic heterocycles. The summed E-state index contributed by atoms with van der Waals surface area (Å²) in [5.74, 6) is 0.251. The molecule has 2 rings (SSSR count). The summed E-state index contributed by atoms with van der Waals surface area (Å²) in [6.07, 6.45) is 3.06. The lowest BCUT2D eigenvalue weighted by atomic mass is 10.2. The molecule has 0 aliphatic carbocycles. The van der Waals surface area contributed by atoms with Crippen molar-refractivity contribution in [1.29, 1.82) is 0 Å². The first kappa shape index (κ1) is 8.89. The highest BCUT2D eigenvalue weighted by molar-refractivity contribution is 7.08. The minimum atomic E-state index is -0.127. The third-order valence-electron chi connectivity index (χ3n) is 1.89. The Morgan fingerprint density at radius 2 is 2.43 bits per heavy atom. The van der Waals surface area contributed by atoms with E-state index in [9.17, 15) is 4.79 Å². The maximum atomic E-state index is 11.8. The first-order valence-corrected chi connectivity index (χ1v) is 4.70. The number of nitrogen functional groups attached to an aromatic ring is 1. The van der Waals surface area contributed by atoms with Crippen molar-refractivity contribution in [2.45, 2.75) is 0 Å². The van der Waals surface area contributed by atoms with Crippen LogP contribution in [0.1, 0.15) is 15.2 Å². The van der Waals surface area contributed by atoms with Gasteiger partial charge in [0.25, 0.3) is 0 Å². The van der Waals surface area contributed by atoms with Gasteiger partial charge < -0.3 is 5.73 Å². The van der Waals surface area contributed by atoms with Crippen LogP contribution in [0.2, 0.25) is 0 Å². The van der Waals surface area contributed by atoms with Crippen LogP contribution in [0, 0.1) is 0 Å². The number of aryl methyl sites for hydroxylation is 1. The van der Waals surface area contributed by atoms with Gasteiger partial charge in [0.1, 0.15) is 5.82 Å². The Morgan fingerprint density at radius 3 is 2.93 bits per heavy atom. The lowest BCUT2D eigenvalue weighted by Gasteiger charge is -1.96. The molecule has 2 N–H and O–H groups in total. The Kier molecular flexibility index (Phi) is 2.05. The fourth-order valence-corrected chi connectivity index (χ4v) is 1.64. The maximum Gasteiger partial charge on any atom is 0.209 e. The number of aromatic nitrogens is 3. The molecule has 2 heterocycles. The smallest absolute Gasteiger partial charge is 0.209 e. The molecule has 0 atom stereocenters. The van der Waals surface area contributed by atoms with E-state index in [1.54, 1.807) is 19.3 Å². The molecule has 72 valence electrons. The molecule has 14 heavy (non-hydrogen) atoms. The molecule has 0 aliphatic rings. The Morgan fingerprint density at radius 1 is 1.64 bits per heavy atom. The van der Waals surface area contributed by atoms with Crippen molar-refractivity contribution in [3.8, 4) is 0 Å². The highest BCUT2D eigenvalue weighted by Gasteiger charge is 2.16. The van der Waals surface area contributed by atoms with Gasteiger partial charge in [-0.1, -0.05) is 0 Å². The van der Waals surface area contributed by atoms with Crippen molar-refractivity contribution >= 4 is 23.1 Å². The zero-order valence-corrected chi connectivity index (χ0v) is 8.28. The summed E-state index contributed by atoms with van der Waals surface area (Å²) >= 11 is 1.15. The molecule has 0 bridgehead atoms. The van der Waals surface area contributed by atoms with Crippen LogP contribution in [0.3, 0.4) is 0 Å². The summed E-state index contributed by atoms with van der Waals surface area (Å²) in [6.45, 7) is 0. The van der Waals surface area contributed by atoms with Crippen LogP contribution in [-0.4, -0.2) is 19.9 Å². The van der Waals surface area contributed by atoms with Gasteiger partial charge in [0.2, 0.25) is 5.78 Å². The third-order valence-corrected chi connectivity index (χ3v) is 2.64.